The number of terminal acetylenes is 1. The second kappa shape index (κ2) is 4.55. The first-order valence-corrected chi connectivity index (χ1v) is 6.27. The van der Waals surface area contributed by atoms with E-state index in [2.05, 4.69) is 10.9 Å². The normalized spacial score (nSPS) is 20.3. The van der Waals surface area contributed by atoms with Crippen LogP contribution in [0.2, 0.25) is 0 Å². The van der Waals surface area contributed by atoms with Crippen molar-refractivity contribution in [2.75, 3.05) is 0 Å². The van der Waals surface area contributed by atoms with Crippen LogP contribution < -0.4 is 11.0 Å². The van der Waals surface area contributed by atoms with Crippen molar-refractivity contribution in [2.45, 2.75) is 45.3 Å². The second-order valence-corrected chi connectivity index (χ2v) is 5.76. The maximum absolute atomic E-state index is 11.6. The highest BCUT2D eigenvalue weighted by Crippen LogP contribution is 2.36. The second-order valence-electron chi connectivity index (χ2n) is 5.76. The molecule has 1 aromatic heterocycles. The standard InChI is InChI=1S/C14H18BNO3/c1-6-7-10-8-11(9-16-12(10)17)15-18-13(2,3)14(4,5)19-15/h1,8-9H,7H2,2-5H3,(H,16,17). The lowest BCUT2D eigenvalue weighted by Gasteiger charge is -2.32. The van der Waals surface area contributed by atoms with E-state index in [0.717, 1.165) is 5.46 Å². The summed E-state index contributed by atoms with van der Waals surface area (Å²) in [4.78, 5) is 14.3. The SMILES string of the molecule is C#CCc1cc(B2OC(C)(C)C(C)(C)O2)c[nH]c1=O. The van der Waals surface area contributed by atoms with Crippen LogP contribution in [0.1, 0.15) is 33.3 Å². The highest BCUT2D eigenvalue weighted by atomic mass is 16.7. The van der Waals surface area contributed by atoms with Gasteiger partial charge in [0.15, 0.2) is 0 Å². The van der Waals surface area contributed by atoms with Crippen LogP contribution in [-0.2, 0) is 15.7 Å². The van der Waals surface area contributed by atoms with Crippen LogP contribution in [-0.4, -0.2) is 23.3 Å². The van der Waals surface area contributed by atoms with Gasteiger partial charge in [0.1, 0.15) is 0 Å². The van der Waals surface area contributed by atoms with Crippen molar-refractivity contribution in [1.29, 1.82) is 0 Å². The van der Waals surface area contributed by atoms with Crippen LogP contribution >= 0.6 is 0 Å². The first kappa shape index (κ1) is 13.9. The van der Waals surface area contributed by atoms with Gasteiger partial charge in [0.2, 0.25) is 0 Å². The number of aromatic amines is 1. The number of aromatic nitrogens is 1. The Morgan fingerprint density at radius 3 is 2.42 bits per heavy atom. The fourth-order valence-corrected chi connectivity index (χ4v) is 1.91. The molecule has 0 atom stereocenters. The van der Waals surface area contributed by atoms with Crippen molar-refractivity contribution < 1.29 is 9.31 Å². The molecule has 1 aromatic rings. The van der Waals surface area contributed by atoms with Crippen LogP contribution in [0.15, 0.2) is 17.1 Å². The molecule has 0 aliphatic carbocycles. The minimum atomic E-state index is -0.488. The summed E-state index contributed by atoms with van der Waals surface area (Å²) in [5, 5.41) is 0. The molecule has 1 aliphatic rings. The first-order valence-electron chi connectivity index (χ1n) is 6.27. The van der Waals surface area contributed by atoms with Crippen molar-refractivity contribution in [3.63, 3.8) is 0 Å². The molecule has 1 N–H and O–H groups in total. The smallest absolute Gasteiger partial charge is 0.399 e. The molecule has 0 bridgehead atoms. The molecular weight excluding hydrogens is 241 g/mol. The zero-order valence-corrected chi connectivity index (χ0v) is 11.7. The van der Waals surface area contributed by atoms with Gasteiger partial charge in [-0.1, -0.05) is 6.07 Å². The lowest BCUT2D eigenvalue weighted by Crippen LogP contribution is -2.41. The van der Waals surface area contributed by atoms with E-state index in [1.807, 2.05) is 27.7 Å². The van der Waals surface area contributed by atoms with Gasteiger partial charge in [-0.15, -0.1) is 12.3 Å². The third-order valence-corrected chi connectivity index (χ3v) is 3.82. The largest absolute Gasteiger partial charge is 0.496 e. The Labute approximate surface area is 113 Å². The molecule has 2 rings (SSSR count). The fraction of sp³-hybridized carbons (Fsp3) is 0.500. The number of rotatable bonds is 2. The van der Waals surface area contributed by atoms with Gasteiger partial charge in [-0.05, 0) is 33.2 Å². The summed E-state index contributed by atoms with van der Waals surface area (Å²) in [6.07, 6.45) is 7.16. The van der Waals surface area contributed by atoms with E-state index in [1.54, 1.807) is 12.3 Å². The molecule has 0 unspecified atom stereocenters. The van der Waals surface area contributed by atoms with Crippen molar-refractivity contribution in [2.24, 2.45) is 0 Å². The Kier molecular flexibility index (Phi) is 3.33. The Morgan fingerprint density at radius 1 is 1.32 bits per heavy atom. The van der Waals surface area contributed by atoms with Crippen molar-refractivity contribution >= 4 is 12.6 Å². The molecule has 1 fully saturated rings. The summed E-state index contributed by atoms with van der Waals surface area (Å²) < 4.78 is 11.9. The van der Waals surface area contributed by atoms with Gasteiger partial charge in [-0.2, -0.15) is 0 Å². The Bertz CT molecular complexity index is 567. The molecule has 0 aromatic carbocycles. The molecular formula is C14H18BNO3. The predicted octanol–water partition coefficient (Wildman–Crippen LogP) is 0.850. The summed E-state index contributed by atoms with van der Waals surface area (Å²) in [6.45, 7) is 7.95. The topological polar surface area (TPSA) is 51.3 Å². The van der Waals surface area contributed by atoms with Crippen LogP contribution in [0.25, 0.3) is 0 Å². The third-order valence-electron chi connectivity index (χ3n) is 3.82. The Morgan fingerprint density at radius 2 is 1.89 bits per heavy atom. The van der Waals surface area contributed by atoms with E-state index in [0.29, 0.717) is 12.0 Å². The molecule has 4 nitrogen and oxygen atoms in total. The van der Waals surface area contributed by atoms with Gasteiger partial charge in [-0.25, -0.2) is 0 Å². The number of H-pyrrole nitrogens is 1. The quantitative estimate of drug-likeness (QED) is 0.632. The highest BCUT2D eigenvalue weighted by molar-refractivity contribution is 6.62. The van der Waals surface area contributed by atoms with E-state index < -0.39 is 18.3 Å². The molecule has 0 saturated carbocycles. The van der Waals surface area contributed by atoms with E-state index in [9.17, 15) is 4.79 Å². The predicted molar refractivity (Wildman–Crippen MR) is 75.3 cm³/mol. The fourth-order valence-electron chi connectivity index (χ4n) is 1.91. The summed E-state index contributed by atoms with van der Waals surface area (Å²) in [7, 11) is -0.488. The summed E-state index contributed by atoms with van der Waals surface area (Å²) in [6, 6.07) is 1.75. The average Bonchev–Trinajstić information content (AvgIpc) is 2.51. The van der Waals surface area contributed by atoms with Crippen molar-refractivity contribution in [3.8, 4) is 12.3 Å². The minimum Gasteiger partial charge on any atom is -0.399 e. The highest BCUT2D eigenvalue weighted by Gasteiger charge is 2.51. The number of nitrogens with one attached hydrogen (secondary N) is 1. The lowest BCUT2D eigenvalue weighted by atomic mass is 9.79. The molecule has 5 heteroatoms. The van der Waals surface area contributed by atoms with E-state index in [4.69, 9.17) is 15.7 Å². The average molecular weight is 259 g/mol. The van der Waals surface area contributed by atoms with Gasteiger partial charge >= 0.3 is 7.12 Å². The first-order chi connectivity index (χ1) is 8.77. The van der Waals surface area contributed by atoms with Crippen molar-refractivity contribution in [1.82, 2.24) is 4.98 Å². The molecule has 0 spiro atoms. The number of hydrogen-bond donors (Lipinski definition) is 1. The van der Waals surface area contributed by atoms with E-state index in [1.165, 1.54) is 0 Å². The zero-order valence-electron chi connectivity index (χ0n) is 11.7. The van der Waals surface area contributed by atoms with Crippen LogP contribution in [0.4, 0.5) is 0 Å². The monoisotopic (exact) mass is 259 g/mol. The van der Waals surface area contributed by atoms with Gasteiger partial charge in [0, 0.05) is 18.2 Å². The molecule has 1 saturated heterocycles. The Balaban J connectivity index is 2.33. The summed E-state index contributed by atoms with van der Waals surface area (Å²) in [5.41, 5.74) is 0.358. The van der Waals surface area contributed by atoms with Gasteiger partial charge in [-0.3, -0.25) is 4.79 Å². The van der Waals surface area contributed by atoms with Crippen LogP contribution in [0, 0.1) is 12.3 Å². The molecule has 19 heavy (non-hydrogen) atoms. The molecule has 0 radical (unpaired) electrons. The lowest BCUT2D eigenvalue weighted by molar-refractivity contribution is 0.00578. The maximum atomic E-state index is 11.6. The zero-order chi connectivity index (χ0) is 14.3. The van der Waals surface area contributed by atoms with Gasteiger partial charge < -0.3 is 14.3 Å². The number of pyridine rings is 1. The molecule has 2 heterocycles. The van der Waals surface area contributed by atoms with Gasteiger partial charge in [0.25, 0.3) is 5.56 Å². The summed E-state index contributed by atoms with van der Waals surface area (Å²) >= 11 is 0. The van der Waals surface area contributed by atoms with Gasteiger partial charge in [0.05, 0.1) is 11.2 Å². The third kappa shape index (κ3) is 2.47. The van der Waals surface area contributed by atoms with E-state index in [-0.39, 0.29) is 5.56 Å². The number of hydrogen-bond acceptors (Lipinski definition) is 3. The van der Waals surface area contributed by atoms with E-state index >= 15 is 0 Å². The molecule has 1 aliphatic heterocycles. The molecule has 0 amide bonds. The molecule has 100 valence electrons. The van der Waals surface area contributed by atoms with Crippen LogP contribution in [0.5, 0.6) is 0 Å². The maximum Gasteiger partial charge on any atom is 0.496 e. The Hall–Kier alpha value is -1.51. The van der Waals surface area contributed by atoms with Crippen molar-refractivity contribution in [3.05, 3.63) is 28.2 Å². The van der Waals surface area contributed by atoms with Crippen LogP contribution in [0.3, 0.4) is 0 Å². The summed E-state index contributed by atoms with van der Waals surface area (Å²) in [5.74, 6) is 2.47. The minimum absolute atomic E-state index is 0.168.